The molecule has 3 rings (SSSR count). The van der Waals surface area contributed by atoms with Crippen LogP contribution < -0.4 is 10.1 Å². The van der Waals surface area contributed by atoms with E-state index < -0.39 is 17.7 Å². The normalized spacial score (nSPS) is 20.8. The van der Waals surface area contributed by atoms with Crippen LogP contribution in [0, 0.1) is 6.92 Å². The van der Waals surface area contributed by atoms with Crippen LogP contribution in [-0.4, -0.2) is 41.2 Å². The van der Waals surface area contributed by atoms with E-state index in [0.717, 1.165) is 10.5 Å². The molecule has 2 atom stereocenters. The summed E-state index contributed by atoms with van der Waals surface area (Å²) < 4.78 is 5.52. The zero-order valence-corrected chi connectivity index (χ0v) is 14.8. The molecule has 1 saturated heterocycles. The summed E-state index contributed by atoms with van der Waals surface area (Å²) in [7, 11) is 0. The van der Waals surface area contributed by atoms with Crippen molar-refractivity contribution in [1.29, 1.82) is 0 Å². The molecule has 0 saturated carbocycles. The molecule has 6 nitrogen and oxygen atoms in total. The number of aliphatic hydroxyl groups is 1. The third-order valence-electron chi connectivity index (χ3n) is 4.48. The Balaban J connectivity index is 1.63. The average molecular weight is 354 g/mol. The van der Waals surface area contributed by atoms with E-state index in [1.807, 2.05) is 49.4 Å². The van der Waals surface area contributed by atoms with E-state index in [4.69, 9.17) is 4.74 Å². The van der Waals surface area contributed by atoms with Gasteiger partial charge in [-0.15, -0.1) is 0 Å². The highest BCUT2D eigenvalue weighted by molar-refractivity contribution is 6.07. The summed E-state index contributed by atoms with van der Waals surface area (Å²) in [5.74, 6) is 0.240. The third-order valence-corrected chi connectivity index (χ3v) is 4.48. The van der Waals surface area contributed by atoms with E-state index in [2.05, 4.69) is 5.32 Å². The van der Waals surface area contributed by atoms with Crippen molar-refractivity contribution in [3.8, 4) is 5.75 Å². The van der Waals surface area contributed by atoms with Gasteiger partial charge in [-0.05, 0) is 31.5 Å². The van der Waals surface area contributed by atoms with Gasteiger partial charge in [0.25, 0.3) is 5.91 Å². The summed E-state index contributed by atoms with van der Waals surface area (Å²) in [6.07, 6.45) is -0.982. The van der Waals surface area contributed by atoms with Crippen molar-refractivity contribution in [3.63, 3.8) is 0 Å². The number of carbonyl (C=O) groups is 2. The van der Waals surface area contributed by atoms with Gasteiger partial charge in [0.15, 0.2) is 0 Å². The fourth-order valence-corrected chi connectivity index (χ4v) is 2.92. The summed E-state index contributed by atoms with van der Waals surface area (Å²) in [5, 5.41) is 12.9. The minimum atomic E-state index is -1.13. The number of carbonyl (C=O) groups excluding carboxylic acids is 2. The predicted octanol–water partition coefficient (Wildman–Crippen LogP) is 2.20. The lowest BCUT2D eigenvalue weighted by Crippen LogP contribution is -2.42. The molecule has 0 radical (unpaired) electrons. The van der Waals surface area contributed by atoms with Gasteiger partial charge in [0.05, 0.1) is 6.54 Å². The molecular weight excluding hydrogens is 332 g/mol. The fourth-order valence-electron chi connectivity index (χ4n) is 2.92. The number of hydrogen-bond donors (Lipinski definition) is 2. The van der Waals surface area contributed by atoms with Crippen molar-refractivity contribution in [2.45, 2.75) is 25.5 Å². The molecule has 0 spiro atoms. The van der Waals surface area contributed by atoms with Gasteiger partial charge in [0.2, 0.25) is 0 Å². The van der Waals surface area contributed by atoms with E-state index in [0.29, 0.717) is 11.3 Å². The van der Waals surface area contributed by atoms with Crippen molar-refractivity contribution in [3.05, 3.63) is 65.7 Å². The smallest absolute Gasteiger partial charge is 0.325 e. The second-order valence-corrected chi connectivity index (χ2v) is 6.61. The number of amides is 3. The molecule has 0 aromatic heterocycles. The van der Waals surface area contributed by atoms with Gasteiger partial charge < -0.3 is 15.2 Å². The number of β-amino-alcohol motifs (C(OH)–C–C–N with tert-alkyl or cyclic N) is 1. The Morgan fingerprint density at radius 3 is 2.42 bits per heavy atom. The SMILES string of the molecule is Cc1ccc(OCC(O)CN2C(=O)NC(C)(c3ccccc3)C2=O)cc1. The van der Waals surface area contributed by atoms with Crippen LogP contribution in [0.2, 0.25) is 0 Å². The number of aryl methyl sites for hydroxylation is 1. The molecule has 6 heteroatoms. The first kappa shape index (κ1) is 17.9. The van der Waals surface area contributed by atoms with Crippen molar-refractivity contribution in [2.24, 2.45) is 0 Å². The fraction of sp³-hybridized carbons (Fsp3) is 0.300. The summed E-state index contributed by atoms with van der Waals surface area (Å²) in [5.41, 5.74) is 0.680. The molecule has 26 heavy (non-hydrogen) atoms. The van der Waals surface area contributed by atoms with Gasteiger partial charge >= 0.3 is 6.03 Å². The molecule has 1 fully saturated rings. The summed E-state index contributed by atoms with van der Waals surface area (Å²) >= 11 is 0. The first-order chi connectivity index (χ1) is 12.4. The maximum absolute atomic E-state index is 12.8. The Morgan fingerprint density at radius 2 is 1.77 bits per heavy atom. The lowest BCUT2D eigenvalue weighted by molar-refractivity contribution is -0.132. The minimum absolute atomic E-state index is 0.0117. The van der Waals surface area contributed by atoms with Crippen LogP contribution in [0.4, 0.5) is 4.79 Å². The second-order valence-electron chi connectivity index (χ2n) is 6.61. The van der Waals surface area contributed by atoms with Crippen LogP contribution in [-0.2, 0) is 10.3 Å². The van der Waals surface area contributed by atoms with E-state index in [1.54, 1.807) is 19.1 Å². The highest BCUT2D eigenvalue weighted by Crippen LogP contribution is 2.28. The monoisotopic (exact) mass is 354 g/mol. The molecule has 1 aliphatic rings. The molecule has 2 N–H and O–H groups in total. The van der Waals surface area contributed by atoms with E-state index in [-0.39, 0.29) is 19.1 Å². The molecule has 1 heterocycles. The molecular formula is C20H22N2O4. The van der Waals surface area contributed by atoms with E-state index in [9.17, 15) is 14.7 Å². The molecule has 1 aliphatic heterocycles. The van der Waals surface area contributed by atoms with Crippen LogP contribution in [0.15, 0.2) is 54.6 Å². The van der Waals surface area contributed by atoms with Crippen LogP contribution in [0.3, 0.4) is 0 Å². The predicted molar refractivity (Wildman–Crippen MR) is 96.7 cm³/mol. The van der Waals surface area contributed by atoms with Gasteiger partial charge in [-0.3, -0.25) is 9.69 Å². The highest BCUT2D eigenvalue weighted by atomic mass is 16.5. The molecule has 2 unspecified atom stereocenters. The standard InChI is InChI=1S/C20H22N2O4/c1-14-8-10-17(11-9-14)26-13-16(23)12-22-18(24)20(2,21-19(22)25)15-6-4-3-5-7-15/h3-11,16,23H,12-13H2,1-2H3,(H,21,25). The number of hydrogen-bond acceptors (Lipinski definition) is 4. The highest BCUT2D eigenvalue weighted by Gasteiger charge is 2.49. The molecule has 0 bridgehead atoms. The second kappa shape index (κ2) is 7.17. The first-order valence-corrected chi connectivity index (χ1v) is 8.47. The van der Waals surface area contributed by atoms with Crippen LogP contribution in [0.25, 0.3) is 0 Å². The quantitative estimate of drug-likeness (QED) is 0.780. The number of nitrogens with zero attached hydrogens (tertiary/aromatic N) is 1. The van der Waals surface area contributed by atoms with Crippen LogP contribution >= 0.6 is 0 Å². The number of aliphatic hydroxyl groups excluding tert-OH is 1. The lowest BCUT2D eigenvalue weighted by Gasteiger charge is -2.23. The number of imide groups is 1. The zero-order chi connectivity index (χ0) is 18.7. The Hall–Kier alpha value is -2.86. The van der Waals surface area contributed by atoms with Gasteiger partial charge in [0, 0.05) is 0 Å². The van der Waals surface area contributed by atoms with Gasteiger partial charge in [-0.2, -0.15) is 0 Å². The molecule has 3 amide bonds. The van der Waals surface area contributed by atoms with Gasteiger partial charge in [0.1, 0.15) is 24.0 Å². The van der Waals surface area contributed by atoms with Gasteiger partial charge in [-0.25, -0.2) is 4.79 Å². The maximum Gasteiger partial charge on any atom is 0.325 e. The first-order valence-electron chi connectivity index (χ1n) is 8.47. The Labute approximate surface area is 152 Å². The minimum Gasteiger partial charge on any atom is -0.491 e. The van der Waals surface area contributed by atoms with E-state index >= 15 is 0 Å². The van der Waals surface area contributed by atoms with E-state index in [1.165, 1.54) is 0 Å². The number of urea groups is 1. The van der Waals surface area contributed by atoms with Crippen LogP contribution in [0.1, 0.15) is 18.1 Å². The number of ether oxygens (including phenoxy) is 1. The summed E-state index contributed by atoms with van der Waals surface area (Å²) in [4.78, 5) is 26.1. The molecule has 2 aromatic carbocycles. The topological polar surface area (TPSA) is 78.9 Å². The Morgan fingerprint density at radius 1 is 1.12 bits per heavy atom. The Kier molecular flexibility index (Phi) is 4.95. The summed E-state index contributed by atoms with van der Waals surface area (Å²) in [6, 6.07) is 16.0. The number of rotatable bonds is 6. The number of benzene rings is 2. The molecule has 2 aromatic rings. The lowest BCUT2D eigenvalue weighted by atomic mass is 9.92. The maximum atomic E-state index is 12.8. The summed E-state index contributed by atoms with van der Waals surface area (Å²) in [6.45, 7) is 3.50. The van der Waals surface area contributed by atoms with Crippen molar-refractivity contribution < 1.29 is 19.4 Å². The van der Waals surface area contributed by atoms with Gasteiger partial charge in [-0.1, -0.05) is 48.0 Å². The van der Waals surface area contributed by atoms with Crippen molar-refractivity contribution in [1.82, 2.24) is 10.2 Å². The molecule has 136 valence electrons. The Bertz CT molecular complexity index is 791. The van der Waals surface area contributed by atoms with Crippen molar-refractivity contribution >= 4 is 11.9 Å². The largest absolute Gasteiger partial charge is 0.491 e. The van der Waals surface area contributed by atoms with Crippen molar-refractivity contribution in [2.75, 3.05) is 13.2 Å². The zero-order valence-electron chi connectivity index (χ0n) is 14.8. The van der Waals surface area contributed by atoms with Crippen LogP contribution in [0.5, 0.6) is 5.75 Å². The number of nitrogens with one attached hydrogen (secondary N) is 1. The molecule has 0 aliphatic carbocycles. The third kappa shape index (κ3) is 3.55. The average Bonchev–Trinajstić information content (AvgIpc) is 2.86.